The first-order valence-corrected chi connectivity index (χ1v) is 11.2. The van der Waals surface area contributed by atoms with Gasteiger partial charge in [0.25, 0.3) is 5.91 Å². The van der Waals surface area contributed by atoms with Gasteiger partial charge in [-0.25, -0.2) is 0 Å². The average molecular weight is 493 g/mol. The van der Waals surface area contributed by atoms with E-state index in [9.17, 15) is 28.3 Å². The first-order valence-electron chi connectivity index (χ1n) is 11.2. The monoisotopic (exact) mass is 492 g/mol. The number of likely N-dealkylation sites (tertiary alicyclic amines) is 1. The Morgan fingerprint density at radius 1 is 1.37 bits per heavy atom. The minimum atomic E-state index is -3.07. The van der Waals surface area contributed by atoms with Gasteiger partial charge in [-0.3, -0.25) is 14.4 Å². The molecule has 2 aliphatic heterocycles. The van der Waals surface area contributed by atoms with E-state index in [1.807, 2.05) is 6.92 Å². The van der Waals surface area contributed by atoms with Gasteiger partial charge in [0, 0.05) is 51.6 Å². The van der Waals surface area contributed by atoms with E-state index < -0.39 is 23.8 Å². The molecule has 0 bridgehead atoms. The standard InChI is InChI=1S/C24H30F2N4O5/c1-4-29(3)21(33)16-7-8-24(22(27)34,28-12-16)11-18-9-17(13-30(18)14(2)31)15-5-6-20(19(32)10-15)35-23(25)26/h5-8,10,12,17-18,23,28,32H,4,9,11,13H2,1-3H3,(H2,27,34)/t17-,18-,24?/m1/s1. The highest BCUT2D eigenvalue weighted by Crippen LogP contribution is 2.39. The van der Waals surface area contributed by atoms with E-state index in [1.165, 1.54) is 30.2 Å². The van der Waals surface area contributed by atoms with Crippen LogP contribution in [0.5, 0.6) is 11.5 Å². The molecule has 0 aliphatic carbocycles. The van der Waals surface area contributed by atoms with Crippen molar-refractivity contribution in [3.63, 3.8) is 0 Å². The van der Waals surface area contributed by atoms with Crippen LogP contribution in [0, 0.1) is 0 Å². The van der Waals surface area contributed by atoms with Gasteiger partial charge in [-0.05, 0) is 43.2 Å². The molecule has 0 aromatic heterocycles. The summed E-state index contributed by atoms with van der Waals surface area (Å²) in [5.74, 6) is -2.03. The van der Waals surface area contributed by atoms with Crippen LogP contribution in [0.4, 0.5) is 8.78 Å². The molecule has 3 rings (SSSR count). The topological polar surface area (TPSA) is 125 Å². The minimum absolute atomic E-state index is 0.162. The third kappa shape index (κ3) is 5.55. The van der Waals surface area contributed by atoms with Crippen LogP contribution in [0.25, 0.3) is 0 Å². The number of benzene rings is 1. The number of halogens is 2. The fraction of sp³-hybridized carbons (Fsp3) is 0.458. The Kier molecular flexibility index (Phi) is 7.67. The summed E-state index contributed by atoms with van der Waals surface area (Å²) < 4.78 is 29.3. The Morgan fingerprint density at radius 3 is 2.60 bits per heavy atom. The molecule has 0 spiro atoms. The number of nitrogens with one attached hydrogen (secondary N) is 1. The second-order valence-electron chi connectivity index (χ2n) is 8.80. The highest BCUT2D eigenvalue weighted by atomic mass is 19.3. The molecule has 3 amide bonds. The van der Waals surface area contributed by atoms with Crippen molar-refractivity contribution >= 4 is 17.7 Å². The first-order chi connectivity index (χ1) is 16.5. The highest BCUT2D eigenvalue weighted by molar-refractivity contribution is 5.97. The minimum Gasteiger partial charge on any atom is -0.504 e. The van der Waals surface area contributed by atoms with Crippen molar-refractivity contribution in [1.82, 2.24) is 15.1 Å². The number of nitrogens with zero attached hydrogens (tertiary/aromatic N) is 2. The number of phenols is 1. The van der Waals surface area contributed by atoms with Crippen molar-refractivity contribution < 1.29 is 33.0 Å². The molecule has 3 atom stereocenters. The number of likely N-dealkylation sites (N-methyl/N-ethyl adjacent to an activating group) is 1. The van der Waals surface area contributed by atoms with Crippen molar-refractivity contribution in [2.75, 3.05) is 20.1 Å². The summed E-state index contributed by atoms with van der Waals surface area (Å²) in [6.45, 7) is 1.04. The molecule has 1 aromatic carbocycles. The van der Waals surface area contributed by atoms with E-state index in [4.69, 9.17) is 5.73 Å². The van der Waals surface area contributed by atoms with Crippen LogP contribution in [0.3, 0.4) is 0 Å². The second-order valence-corrected chi connectivity index (χ2v) is 8.80. The number of rotatable bonds is 8. The maximum Gasteiger partial charge on any atom is 0.387 e. The number of carbonyl (C=O) groups excluding carboxylic acids is 3. The van der Waals surface area contributed by atoms with Gasteiger partial charge >= 0.3 is 6.61 Å². The maximum atomic E-state index is 12.5. The number of dihydropyridines is 1. The highest BCUT2D eigenvalue weighted by Gasteiger charge is 2.44. The van der Waals surface area contributed by atoms with E-state index in [-0.39, 0.29) is 35.9 Å². The molecule has 9 nitrogen and oxygen atoms in total. The van der Waals surface area contributed by atoms with Crippen molar-refractivity contribution in [1.29, 1.82) is 0 Å². The zero-order chi connectivity index (χ0) is 25.9. The van der Waals surface area contributed by atoms with Crippen LogP contribution >= 0.6 is 0 Å². The molecule has 11 heteroatoms. The quantitative estimate of drug-likeness (QED) is 0.509. The van der Waals surface area contributed by atoms with Crippen molar-refractivity contribution in [3.05, 3.63) is 47.7 Å². The molecule has 35 heavy (non-hydrogen) atoms. The molecule has 1 saturated heterocycles. The van der Waals surface area contributed by atoms with Crippen LogP contribution in [-0.4, -0.2) is 71.0 Å². The van der Waals surface area contributed by atoms with Crippen LogP contribution in [-0.2, 0) is 14.4 Å². The number of phenolic OH excluding ortho intramolecular Hbond substituents is 1. The van der Waals surface area contributed by atoms with Crippen LogP contribution in [0.15, 0.2) is 42.1 Å². The number of hydrogen-bond donors (Lipinski definition) is 3. The summed E-state index contributed by atoms with van der Waals surface area (Å²) in [4.78, 5) is 40.5. The molecule has 2 heterocycles. The second kappa shape index (κ2) is 10.3. The largest absolute Gasteiger partial charge is 0.504 e. The smallest absolute Gasteiger partial charge is 0.387 e. The van der Waals surface area contributed by atoms with Gasteiger partial charge in [0.2, 0.25) is 11.8 Å². The Morgan fingerprint density at radius 2 is 2.09 bits per heavy atom. The number of nitrogens with two attached hydrogens (primary N) is 1. The molecule has 1 unspecified atom stereocenters. The molecule has 1 aromatic rings. The fourth-order valence-corrected chi connectivity index (χ4v) is 4.51. The number of carbonyl (C=O) groups is 3. The number of ether oxygens (including phenoxy) is 1. The summed E-state index contributed by atoms with van der Waals surface area (Å²) in [5.41, 5.74) is 5.46. The molecule has 1 fully saturated rings. The van der Waals surface area contributed by atoms with Gasteiger partial charge in [-0.2, -0.15) is 8.78 Å². The molecule has 2 aliphatic rings. The van der Waals surface area contributed by atoms with E-state index in [0.29, 0.717) is 30.6 Å². The van der Waals surface area contributed by atoms with E-state index in [0.717, 1.165) is 0 Å². The van der Waals surface area contributed by atoms with Gasteiger partial charge in [0.1, 0.15) is 5.54 Å². The summed E-state index contributed by atoms with van der Waals surface area (Å²) >= 11 is 0. The summed E-state index contributed by atoms with van der Waals surface area (Å²) in [6, 6.07) is 3.78. The van der Waals surface area contributed by atoms with Crippen molar-refractivity contribution in [2.45, 2.75) is 50.8 Å². The van der Waals surface area contributed by atoms with Gasteiger partial charge in [-0.15, -0.1) is 0 Å². The number of hydrogen-bond acceptors (Lipinski definition) is 6. The van der Waals surface area contributed by atoms with E-state index >= 15 is 0 Å². The fourth-order valence-electron chi connectivity index (χ4n) is 4.51. The maximum absolute atomic E-state index is 12.5. The Bertz CT molecular complexity index is 1060. The molecule has 4 N–H and O–H groups in total. The Hall–Kier alpha value is -3.63. The third-order valence-electron chi connectivity index (χ3n) is 6.59. The molecule has 0 radical (unpaired) electrons. The van der Waals surface area contributed by atoms with Crippen molar-refractivity contribution in [2.24, 2.45) is 5.73 Å². The van der Waals surface area contributed by atoms with Gasteiger partial charge in [-0.1, -0.05) is 6.07 Å². The summed E-state index contributed by atoms with van der Waals surface area (Å²) in [6.07, 6.45) is 5.19. The lowest BCUT2D eigenvalue weighted by Gasteiger charge is -2.36. The Labute approximate surface area is 202 Å². The summed E-state index contributed by atoms with van der Waals surface area (Å²) in [7, 11) is 1.67. The number of amides is 3. The molecular formula is C24H30F2N4O5. The molecular weight excluding hydrogens is 462 g/mol. The molecule has 0 saturated carbocycles. The van der Waals surface area contributed by atoms with Gasteiger partial charge < -0.3 is 30.7 Å². The van der Waals surface area contributed by atoms with Gasteiger partial charge in [0.05, 0.1) is 5.57 Å². The number of primary amides is 1. The van der Waals surface area contributed by atoms with E-state index in [1.54, 1.807) is 30.2 Å². The summed E-state index contributed by atoms with van der Waals surface area (Å²) in [5, 5.41) is 13.1. The van der Waals surface area contributed by atoms with Crippen LogP contribution < -0.4 is 15.8 Å². The lowest BCUT2D eigenvalue weighted by Crippen LogP contribution is -2.56. The van der Waals surface area contributed by atoms with Crippen LogP contribution in [0.2, 0.25) is 0 Å². The Balaban J connectivity index is 1.80. The zero-order valence-corrected chi connectivity index (χ0v) is 19.8. The zero-order valence-electron chi connectivity index (χ0n) is 19.8. The predicted molar refractivity (Wildman–Crippen MR) is 123 cm³/mol. The normalized spacial score (nSPS) is 23.6. The lowest BCUT2D eigenvalue weighted by atomic mass is 9.84. The third-order valence-corrected chi connectivity index (χ3v) is 6.59. The number of aromatic hydroxyl groups is 1. The molecule has 190 valence electrons. The first kappa shape index (κ1) is 26.0. The van der Waals surface area contributed by atoms with Crippen molar-refractivity contribution in [3.8, 4) is 11.5 Å². The average Bonchev–Trinajstić information content (AvgIpc) is 3.23. The SMILES string of the molecule is CCN(C)C(=O)C1=CNC(C[C@H]2C[C@@H](c3ccc(OC(F)F)c(O)c3)CN2C(C)=O)(C(N)=O)C=C1. The van der Waals surface area contributed by atoms with Gasteiger partial charge in [0.15, 0.2) is 11.5 Å². The van der Waals surface area contributed by atoms with Crippen LogP contribution in [0.1, 0.15) is 38.2 Å². The predicted octanol–water partition coefficient (Wildman–Crippen LogP) is 1.83. The number of alkyl halides is 2. The lowest BCUT2D eigenvalue weighted by molar-refractivity contribution is -0.131. The van der Waals surface area contributed by atoms with E-state index in [2.05, 4.69) is 10.1 Å².